The fourth-order valence-corrected chi connectivity index (χ4v) is 1.12. The zero-order chi connectivity index (χ0) is 10.8. The first kappa shape index (κ1) is 9.82. The molecule has 0 aliphatic heterocycles. The number of ketones is 1. The van der Waals surface area contributed by atoms with Crippen LogP contribution in [0.3, 0.4) is 0 Å². The van der Waals surface area contributed by atoms with Crippen LogP contribution in [0.4, 0.5) is 0 Å². The molecule has 79 valence electrons. The molecule has 0 unspecified atom stereocenters. The summed E-state index contributed by atoms with van der Waals surface area (Å²) >= 11 is 0. The van der Waals surface area contributed by atoms with Crippen LogP contribution in [-0.4, -0.2) is 21.8 Å². The number of Topliss-reactive ketones (excluding diaryl/α,β-unsaturated/α-hetero) is 1. The van der Waals surface area contributed by atoms with E-state index in [2.05, 4.69) is 10.1 Å². The van der Waals surface area contributed by atoms with Gasteiger partial charge < -0.3 is 10.3 Å². The monoisotopic (exact) mass is 208 g/mol. The van der Waals surface area contributed by atoms with Crippen LogP contribution in [0.25, 0.3) is 0 Å². The number of carbonyl (C=O) groups excluding carboxylic acids is 2. The zero-order valence-corrected chi connectivity index (χ0v) is 7.97. The molecule has 6 heteroatoms. The standard InChI is InChI=1S/C9H10N3O3/c10-7(14)4-3-6(13)9-11-8(12-15-9)5-1-2-5/h3,5H,1-2,4H2,(H2,10,14). The lowest BCUT2D eigenvalue weighted by molar-refractivity contribution is -0.117. The minimum Gasteiger partial charge on any atom is -0.370 e. The van der Waals surface area contributed by atoms with Crippen molar-refractivity contribution in [2.45, 2.75) is 25.2 Å². The summed E-state index contributed by atoms with van der Waals surface area (Å²) in [5.41, 5.74) is 4.89. The number of nitrogens with zero attached hydrogens (tertiary/aromatic N) is 2. The van der Waals surface area contributed by atoms with Crippen molar-refractivity contribution in [1.82, 2.24) is 10.1 Å². The molecule has 1 fully saturated rings. The van der Waals surface area contributed by atoms with Crippen LogP contribution >= 0.6 is 0 Å². The Bertz CT molecular complexity index is 395. The minimum atomic E-state index is -0.565. The van der Waals surface area contributed by atoms with E-state index in [9.17, 15) is 9.59 Å². The topological polar surface area (TPSA) is 99.1 Å². The molecule has 0 atom stereocenters. The van der Waals surface area contributed by atoms with Gasteiger partial charge >= 0.3 is 0 Å². The van der Waals surface area contributed by atoms with E-state index in [0.29, 0.717) is 11.7 Å². The molecule has 1 aromatic rings. The first-order chi connectivity index (χ1) is 7.16. The largest absolute Gasteiger partial charge is 0.370 e. The quantitative estimate of drug-likeness (QED) is 0.697. The Balaban J connectivity index is 1.95. The van der Waals surface area contributed by atoms with Crippen LogP contribution in [0.15, 0.2) is 4.52 Å². The van der Waals surface area contributed by atoms with Gasteiger partial charge in [-0.15, -0.1) is 0 Å². The number of rotatable bonds is 5. The maximum atomic E-state index is 11.3. The Morgan fingerprint density at radius 1 is 1.53 bits per heavy atom. The van der Waals surface area contributed by atoms with Crippen molar-refractivity contribution in [3.8, 4) is 0 Å². The van der Waals surface area contributed by atoms with Gasteiger partial charge in [0.15, 0.2) is 5.82 Å². The number of amides is 1. The van der Waals surface area contributed by atoms with Crippen LogP contribution in [0.2, 0.25) is 0 Å². The van der Waals surface area contributed by atoms with Gasteiger partial charge in [-0.25, -0.2) is 0 Å². The van der Waals surface area contributed by atoms with Gasteiger partial charge in [0.1, 0.15) is 0 Å². The summed E-state index contributed by atoms with van der Waals surface area (Å²) in [4.78, 5) is 25.7. The molecule has 1 aliphatic carbocycles. The molecular weight excluding hydrogens is 198 g/mol. The third-order valence-corrected chi connectivity index (χ3v) is 2.08. The Labute approximate surface area is 85.8 Å². The van der Waals surface area contributed by atoms with Gasteiger partial charge in [0.25, 0.3) is 5.89 Å². The minimum absolute atomic E-state index is 0.0712. The lowest BCUT2D eigenvalue weighted by Crippen LogP contribution is -2.13. The molecule has 2 N–H and O–H groups in total. The lowest BCUT2D eigenvalue weighted by atomic mass is 10.2. The number of aromatic nitrogens is 2. The van der Waals surface area contributed by atoms with Crippen LogP contribution in [0.1, 0.15) is 41.7 Å². The number of primary amides is 1. The highest BCUT2D eigenvalue weighted by Crippen LogP contribution is 2.38. The molecule has 1 saturated carbocycles. The highest BCUT2D eigenvalue weighted by molar-refractivity contribution is 6.01. The van der Waals surface area contributed by atoms with Gasteiger partial charge in [0, 0.05) is 18.8 Å². The summed E-state index contributed by atoms with van der Waals surface area (Å²) in [6.45, 7) is 0. The maximum absolute atomic E-state index is 11.3. The van der Waals surface area contributed by atoms with Crippen molar-refractivity contribution in [3.05, 3.63) is 18.1 Å². The van der Waals surface area contributed by atoms with Crippen molar-refractivity contribution in [2.24, 2.45) is 5.73 Å². The second-order valence-electron chi connectivity index (χ2n) is 3.47. The summed E-state index contributed by atoms with van der Waals surface area (Å²) in [7, 11) is 0. The van der Waals surface area contributed by atoms with Gasteiger partial charge in [-0.05, 0) is 12.8 Å². The smallest absolute Gasteiger partial charge is 0.294 e. The lowest BCUT2D eigenvalue weighted by Gasteiger charge is -1.90. The molecule has 1 amide bonds. The van der Waals surface area contributed by atoms with Gasteiger partial charge in [0.05, 0.1) is 0 Å². The average molecular weight is 208 g/mol. The fraction of sp³-hybridized carbons (Fsp3) is 0.444. The predicted molar refractivity (Wildman–Crippen MR) is 48.7 cm³/mol. The summed E-state index contributed by atoms with van der Waals surface area (Å²) < 4.78 is 4.77. The Kier molecular flexibility index (Phi) is 2.49. The van der Waals surface area contributed by atoms with Crippen molar-refractivity contribution in [1.29, 1.82) is 0 Å². The Morgan fingerprint density at radius 3 is 2.87 bits per heavy atom. The molecular formula is C9H10N3O3. The highest BCUT2D eigenvalue weighted by atomic mass is 16.5. The number of hydrogen-bond acceptors (Lipinski definition) is 5. The molecule has 0 spiro atoms. The van der Waals surface area contributed by atoms with E-state index in [1.54, 1.807) is 0 Å². The molecule has 0 saturated heterocycles. The first-order valence-electron chi connectivity index (χ1n) is 4.66. The molecule has 1 radical (unpaired) electrons. The number of hydrogen-bond donors (Lipinski definition) is 1. The molecule has 0 aromatic carbocycles. The van der Waals surface area contributed by atoms with E-state index in [1.807, 2.05) is 0 Å². The molecule has 2 rings (SSSR count). The number of carbonyl (C=O) groups is 2. The van der Waals surface area contributed by atoms with Crippen molar-refractivity contribution >= 4 is 11.7 Å². The highest BCUT2D eigenvalue weighted by Gasteiger charge is 2.29. The normalized spacial score (nSPS) is 15.2. The third kappa shape index (κ3) is 2.39. The van der Waals surface area contributed by atoms with Crippen LogP contribution in [0, 0.1) is 6.42 Å². The summed E-state index contributed by atoms with van der Waals surface area (Å²) in [6.07, 6.45) is 3.11. The van der Waals surface area contributed by atoms with E-state index in [-0.39, 0.29) is 12.3 Å². The molecule has 0 bridgehead atoms. The molecule has 1 heterocycles. The second kappa shape index (κ2) is 3.80. The molecule has 1 aromatic heterocycles. The van der Waals surface area contributed by atoms with Crippen LogP contribution in [0.5, 0.6) is 0 Å². The molecule has 15 heavy (non-hydrogen) atoms. The van der Waals surface area contributed by atoms with Crippen molar-refractivity contribution in [3.63, 3.8) is 0 Å². The Morgan fingerprint density at radius 2 is 2.27 bits per heavy atom. The van der Waals surface area contributed by atoms with Crippen LogP contribution < -0.4 is 5.73 Å². The third-order valence-electron chi connectivity index (χ3n) is 2.08. The summed E-state index contributed by atoms with van der Waals surface area (Å²) in [5.74, 6) is -0.172. The molecule has 1 aliphatic rings. The summed E-state index contributed by atoms with van der Waals surface area (Å²) in [5, 5.41) is 3.68. The zero-order valence-electron chi connectivity index (χ0n) is 7.97. The number of nitrogens with two attached hydrogens (primary N) is 1. The van der Waals surface area contributed by atoms with Crippen molar-refractivity contribution in [2.75, 3.05) is 0 Å². The first-order valence-corrected chi connectivity index (χ1v) is 4.66. The van der Waals surface area contributed by atoms with Crippen LogP contribution in [-0.2, 0) is 4.79 Å². The van der Waals surface area contributed by atoms with Gasteiger partial charge in [-0.1, -0.05) is 5.16 Å². The van der Waals surface area contributed by atoms with E-state index in [0.717, 1.165) is 19.3 Å². The van der Waals surface area contributed by atoms with Gasteiger partial charge in [0.2, 0.25) is 11.7 Å². The van der Waals surface area contributed by atoms with E-state index < -0.39 is 11.7 Å². The van der Waals surface area contributed by atoms with Crippen molar-refractivity contribution < 1.29 is 14.1 Å². The second-order valence-corrected chi connectivity index (χ2v) is 3.47. The predicted octanol–water partition coefficient (Wildman–Crippen LogP) is 0.209. The van der Waals surface area contributed by atoms with E-state index in [1.165, 1.54) is 0 Å². The Hall–Kier alpha value is -1.72. The SMILES string of the molecule is NC(=O)C[CH]C(=O)c1nc(C2CC2)no1. The average Bonchev–Trinajstić information content (AvgIpc) is 2.93. The van der Waals surface area contributed by atoms with E-state index in [4.69, 9.17) is 10.3 Å². The van der Waals surface area contributed by atoms with Gasteiger partial charge in [-0.2, -0.15) is 4.98 Å². The fourth-order valence-electron chi connectivity index (χ4n) is 1.12. The maximum Gasteiger partial charge on any atom is 0.294 e. The summed E-state index contributed by atoms with van der Waals surface area (Å²) in [6, 6.07) is 0. The van der Waals surface area contributed by atoms with E-state index >= 15 is 0 Å². The molecule has 6 nitrogen and oxygen atoms in total. The van der Waals surface area contributed by atoms with Gasteiger partial charge in [-0.3, -0.25) is 9.59 Å².